The number of hydrogen-bond donors (Lipinski definition) is 0. The van der Waals surface area contributed by atoms with Gasteiger partial charge in [-0.15, -0.1) is 0 Å². The highest BCUT2D eigenvalue weighted by atomic mass is 16.5. The molecule has 1 aliphatic rings. The number of ether oxygens (including phenoxy) is 1. The van der Waals surface area contributed by atoms with Crippen LogP contribution in [0.5, 0.6) is 0 Å². The van der Waals surface area contributed by atoms with Gasteiger partial charge >= 0.3 is 0 Å². The molecule has 0 radical (unpaired) electrons. The van der Waals surface area contributed by atoms with Crippen molar-refractivity contribution < 1.29 is 9.53 Å². The fourth-order valence-corrected chi connectivity index (χ4v) is 1.53. The first-order chi connectivity index (χ1) is 6.90. The van der Waals surface area contributed by atoms with Gasteiger partial charge in [0.05, 0.1) is 13.2 Å². The SMILES string of the molecule is O=CC1C[C@@H]1COCc1ccccc1. The molecule has 1 aromatic rings. The van der Waals surface area contributed by atoms with Gasteiger partial charge in [-0.05, 0) is 17.9 Å². The molecule has 1 unspecified atom stereocenters. The van der Waals surface area contributed by atoms with Crippen LogP contribution in [0.3, 0.4) is 0 Å². The fourth-order valence-electron chi connectivity index (χ4n) is 1.53. The van der Waals surface area contributed by atoms with E-state index in [9.17, 15) is 4.79 Å². The maximum atomic E-state index is 10.4. The van der Waals surface area contributed by atoms with Crippen LogP contribution in [-0.2, 0) is 16.1 Å². The molecule has 0 amide bonds. The highest BCUT2D eigenvalue weighted by molar-refractivity contribution is 5.58. The first kappa shape index (κ1) is 9.41. The topological polar surface area (TPSA) is 26.3 Å². The molecule has 1 fully saturated rings. The van der Waals surface area contributed by atoms with Gasteiger partial charge in [0.1, 0.15) is 6.29 Å². The van der Waals surface area contributed by atoms with Crippen LogP contribution in [0.15, 0.2) is 30.3 Å². The van der Waals surface area contributed by atoms with Gasteiger partial charge in [-0.1, -0.05) is 30.3 Å². The zero-order chi connectivity index (χ0) is 9.80. The van der Waals surface area contributed by atoms with Gasteiger partial charge < -0.3 is 9.53 Å². The van der Waals surface area contributed by atoms with Crippen molar-refractivity contribution in [3.05, 3.63) is 35.9 Å². The molecular formula is C12H14O2. The van der Waals surface area contributed by atoms with Crippen molar-refractivity contribution >= 4 is 6.29 Å². The minimum Gasteiger partial charge on any atom is -0.376 e. The second kappa shape index (κ2) is 4.38. The van der Waals surface area contributed by atoms with E-state index in [-0.39, 0.29) is 5.92 Å². The Hall–Kier alpha value is -1.15. The Morgan fingerprint density at radius 1 is 1.36 bits per heavy atom. The average Bonchev–Trinajstić information content (AvgIpc) is 2.98. The maximum absolute atomic E-state index is 10.4. The monoisotopic (exact) mass is 190 g/mol. The quantitative estimate of drug-likeness (QED) is 0.664. The second-order valence-corrected chi connectivity index (χ2v) is 3.80. The lowest BCUT2D eigenvalue weighted by atomic mass is 10.2. The average molecular weight is 190 g/mol. The van der Waals surface area contributed by atoms with Gasteiger partial charge in [-0.3, -0.25) is 0 Å². The third kappa shape index (κ3) is 2.42. The fraction of sp³-hybridized carbons (Fsp3) is 0.417. The lowest BCUT2D eigenvalue weighted by Gasteiger charge is -2.02. The van der Waals surface area contributed by atoms with E-state index in [4.69, 9.17) is 4.74 Å². The summed E-state index contributed by atoms with van der Waals surface area (Å²) in [5, 5.41) is 0. The van der Waals surface area contributed by atoms with Crippen LogP contribution in [0.25, 0.3) is 0 Å². The van der Waals surface area contributed by atoms with E-state index in [2.05, 4.69) is 0 Å². The molecule has 0 aromatic heterocycles. The van der Waals surface area contributed by atoms with E-state index in [0.717, 1.165) is 19.3 Å². The van der Waals surface area contributed by atoms with Crippen LogP contribution < -0.4 is 0 Å². The Balaban J connectivity index is 1.67. The number of aldehydes is 1. The Morgan fingerprint density at radius 2 is 2.14 bits per heavy atom. The molecule has 0 spiro atoms. The Kier molecular flexibility index (Phi) is 2.94. The molecule has 1 aromatic carbocycles. The predicted octanol–water partition coefficient (Wildman–Crippen LogP) is 2.04. The van der Waals surface area contributed by atoms with Crippen LogP contribution >= 0.6 is 0 Å². The number of rotatable bonds is 5. The smallest absolute Gasteiger partial charge is 0.123 e. The highest BCUT2D eigenvalue weighted by Gasteiger charge is 2.36. The van der Waals surface area contributed by atoms with Crippen molar-refractivity contribution in [2.45, 2.75) is 13.0 Å². The summed E-state index contributed by atoms with van der Waals surface area (Å²) in [5.74, 6) is 0.752. The molecular weight excluding hydrogens is 176 g/mol. The molecule has 0 bridgehead atoms. The van der Waals surface area contributed by atoms with Crippen molar-refractivity contribution in [3.63, 3.8) is 0 Å². The first-order valence-corrected chi connectivity index (χ1v) is 4.97. The lowest BCUT2D eigenvalue weighted by Crippen LogP contribution is -1.98. The number of hydrogen-bond acceptors (Lipinski definition) is 2. The lowest BCUT2D eigenvalue weighted by molar-refractivity contribution is -0.109. The molecule has 0 N–H and O–H groups in total. The van der Waals surface area contributed by atoms with Gasteiger partial charge in [0, 0.05) is 5.92 Å². The second-order valence-electron chi connectivity index (χ2n) is 3.80. The summed E-state index contributed by atoms with van der Waals surface area (Å²) in [7, 11) is 0. The number of benzene rings is 1. The molecule has 2 rings (SSSR count). The first-order valence-electron chi connectivity index (χ1n) is 4.97. The zero-order valence-corrected chi connectivity index (χ0v) is 8.06. The number of carbonyl (C=O) groups is 1. The molecule has 0 saturated heterocycles. The molecule has 0 aliphatic heterocycles. The van der Waals surface area contributed by atoms with Gasteiger partial charge in [-0.2, -0.15) is 0 Å². The predicted molar refractivity (Wildman–Crippen MR) is 53.8 cm³/mol. The molecule has 2 heteroatoms. The minimum absolute atomic E-state index is 0.269. The van der Waals surface area contributed by atoms with Crippen LogP contribution in [-0.4, -0.2) is 12.9 Å². The van der Waals surface area contributed by atoms with Crippen LogP contribution in [0, 0.1) is 11.8 Å². The molecule has 2 nitrogen and oxygen atoms in total. The minimum atomic E-state index is 0.269. The van der Waals surface area contributed by atoms with Crippen LogP contribution in [0.2, 0.25) is 0 Å². The Bertz CT molecular complexity index is 294. The summed E-state index contributed by atoms with van der Waals surface area (Å²) in [6.07, 6.45) is 2.05. The molecule has 1 aliphatic carbocycles. The van der Waals surface area contributed by atoms with E-state index in [1.54, 1.807) is 0 Å². The Labute approximate surface area is 83.9 Å². The summed E-state index contributed by atoms with van der Waals surface area (Å²) in [4.78, 5) is 10.4. The van der Waals surface area contributed by atoms with E-state index < -0.39 is 0 Å². The summed E-state index contributed by atoms with van der Waals surface area (Å²) in [6, 6.07) is 10.1. The van der Waals surface area contributed by atoms with E-state index >= 15 is 0 Å². The maximum Gasteiger partial charge on any atom is 0.123 e. The number of carbonyl (C=O) groups excluding carboxylic acids is 1. The molecule has 1 saturated carbocycles. The summed E-state index contributed by atoms with van der Waals surface area (Å²) < 4.78 is 5.52. The molecule has 14 heavy (non-hydrogen) atoms. The Morgan fingerprint density at radius 3 is 2.79 bits per heavy atom. The third-order valence-electron chi connectivity index (χ3n) is 2.60. The zero-order valence-electron chi connectivity index (χ0n) is 8.06. The molecule has 74 valence electrons. The van der Waals surface area contributed by atoms with Gasteiger partial charge in [0.2, 0.25) is 0 Å². The van der Waals surface area contributed by atoms with Gasteiger partial charge in [-0.25, -0.2) is 0 Å². The van der Waals surface area contributed by atoms with E-state index in [1.807, 2.05) is 30.3 Å². The van der Waals surface area contributed by atoms with Gasteiger partial charge in [0.15, 0.2) is 0 Å². The van der Waals surface area contributed by atoms with Crippen molar-refractivity contribution in [2.24, 2.45) is 11.8 Å². The van der Waals surface area contributed by atoms with Crippen molar-refractivity contribution in [1.29, 1.82) is 0 Å². The third-order valence-corrected chi connectivity index (χ3v) is 2.60. The largest absolute Gasteiger partial charge is 0.376 e. The van der Waals surface area contributed by atoms with Gasteiger partial charge in [0.25, 0.3) is 0 Å². The van der Waals surface area contributed by atoms with Crippen molar-refractivity contribution in [1.82, 2.24) is 0 Å². The van der Waals surface area contributed by atoms with Crippen LogP contribution in [0.1, 0.15) is 12.0 Å². The summed E-state index contributed by atoms with van der Waals surface area (Å²) >= 11 is 0. The molecule has 0 heterocycles. The van der Waals surface area contributed by atoms with Crippen molar-refractivity contribution in [3.8, 4) is 0 Å². The van der Waals surface area contributed by atoms with E-state index in [1.165, 1.54) is 5.56 Å². The summed E-state index contributed by atoms with van der Waals surface area (Å²) in [5.41, 5.74) is 1.19. The standard InChI is InChI=1S/C12H14O2/c13-7-11-6-12(11)9-14-8-10-4-2-1-3-5-10/h1-5,7,11-12H,6,8-9H2/t11?,12-/m1/s1. The molecule has 2 atom stereocenters. The van der Waals surface area contributed by atoms with E-state index in [0.29, 0.717) is 12.5 Å². The normalized spacial score (nSPS) is 24.6. The highest BCUT2D eigenvalue weighted by Crippen LogP contribution is 2.36. The van der Waals surface area contributed by atoms with Crippen LogP contribution in [0.4, 0.5) is 0 Å². The summed E-state index contributed by atoms with van der Waals surface area (Å²) in [6.45, 7) is 1.38. The van der Waals surface area contributed by atoms with Crippen molar-refractivity contribution in [2.75, 3.05) is 6.61 Å².